The van der Waals surface area contributed by atoms with E-state index in [0.717, 1.165) is 0 Å². The molecule has 11 nitrogen and oxygen atoms in total. The van der Waals surface area contributed by atoms with Gasteiger partial charge in [-0.3, -0.25) is 4.79 Å². The maximum absolute atomic E-state index is 12.5. The van der Waals surface area contributed by atoms with E-state index in [1.807, 2.05) is 0 Å². The summed E-state index contributed by atoms with van der Waals surface area (Å²) in [7, 11) is -5.10. The van der Waals surface area contributed by atoms with Crippen molar-refractivity contribution in [2.24, 2.45) is 5.73 Å². The predicted octanol–water partition coefficient (Wildman–Crippen LogP) is -4.12. The number of hydrogen-bond donors (Lipinski definition) is 2. The van der Waals surface area contributed by atoms with Crippen molar-refractivity contribution in [1.29, 1.82) is 0 Å². The van der Waals surface area contributed by atoms with Gasteiger partial charge in [0.05, 0.1) is 12.1 Å². The molecule has 3 N–H and O–H groups in total. The van der Waals surface area contributed by atoms with E-state index >= 15 is 0 Å². The minimum absolute atomic E-state index is 0. The van der Waals surface area contributed by atoms with Crippen LogP contribution in [0, 0.1) is 0 Å². The number of aromatic nitrogens is 1. The number of nitrogens with two attached hydrogens (primary N) is 1. The van der Waals surface area contributed by atoms with Gasteiger partial charge in [0.2, 0.25) is 16.3 Å². The number of nitrogens with zero attached hydrogens (tertiary/aromatic N) is 3. The Balaban J connectivity index is 0.00000261. The molecule has 0 spiro atoms. The van der Waals surface area contributed by atoms with Crippen molar-refractivity contribution in [2.75, 3.05) is 19.6 Å². The first kappa shape index (κ1) is 22.2. The average molecular weight is 425 g/mol. The summed E-state index contributed by atoms with van der Waals surface area (Å²) in [6, 6.07) is -2.09. The third kappa shape index (κ3) is 5.06. The van der Waals surface area contributed by atoms with Gasteiger partial charge in [-0.25, -0.2) is 18.2 Å². The molecule has 3 heterocycles. The normalized spacial score (nSPS) is 21.7. The van der Waals surface area contributed by atoms with Crippen LogP contribution in [0.1, 0.15) is 11.4 Å². The van der Waals surface area contributed by atoms with Crippen LogP contribution >= 0.6 is 11.3 Å². The van der Waals surface area contributed by atoms with E-state index in [9.17, 15) is 22.6 Å². The van der Waals surface area contributed by atoms with Crippen molar-refractivity contribution in [2.45, 2.75) is 18.5 Å². The number of nitrogens with one attached hydrogen (secondary N) is 1. The number of carbonyl (C=O) groups is 2. The molecule has 0 saturated carbocycles. The third-order valence-corrected chi connectivity index (χ3v) is 5.11. The Labute approximate surface area is 181 Å². The Morgan fingerprint density at radius 1 is 1.52 bits per heavy atom. The summed E-state index contributed by atoms with van der Waals surface area (Å²) in [5.74, 6) is -0.269. The van der Waals surface area contributed by atoms with Crippen molar-refractivity contribution in [3.05, 3.63) is 22.7 Å². The first-order valence-electron chi connectivity index (χ1n) is 7.63. The maximum Gasteiger partial charge on any atom is 1.00 e. The second-order valence-corrected chi connectivity index (χ2v) is 7.49. The smallest absolute Gasteiger partial charge is 0.724 e. The Hall–Kier alpha value is -1.06. The average Bonchev–Trinajstić information content (AvgIpc) is 3.17. The van der Waals surface area contributed by atoms with Gasteiger partial charge >= 0.3 is 35.6 Å². The number of fused-ring (bicyclic) bond motifs is 2. The molecular formula is C13H16N5NaO6S2. The van der Waals surface area contributed by atoms with E-state index in [4.69, 9.17) is 5.73 Å². The van der Waals surface area contributed by atoms with Gasteiger partial charge in [0.1, 0.15) is 5.01 Å². The summed E-state index contributed by atoms with van der Waals surface area (Å²) in [5, 5.41) is 5.61. The Morgan fingerprint density at radius 3 is 2.85 bits per heavy atom. The molecule has 2 aliphatic heterocycles. The molecule has 2 aliphatic rings. The predicted molar refractivity (Wildman–Crippen MR) is 89.1 cm³/mol. The number of thiazole rings is 1. The molecule has 0 radical (unpaired) electrons. The number of rotatable bonds is 7. The quantitative estimate of drug-likeness (QED) is 0.253. The summed E-state index contributed by atoms with van der Waals surface area (Å²) in [6.45, 7) is 0.417. The van der Waals surface area contributed by atoms with Crippen molar-refractivity contribution in [1.82, 2.24) is 20.3 Å². The van der Waals surface area contributed by atoms with E-state index in [-0.39, 0.29) is 61.5 Å². The molecule has 1 fully saturated rings. The fourth-order valence-electron chi connectivity index (χ4n) is 2.90. The van der Waals surface area contributed by atoms with Crippen LogP contribution in [0.2, 0.25) is 0 Å². The molecular weight excluding hydrogens is 409 g/mol. The maximum atomic E-state index is 12.5. The molecule has 1 aromatic heterocycles. The number of urea groups is 1. The molecule has 2 bridgehead atoms. The standard InChI is InChI=1S/C13H17N5O6S2.Na/c14-2-1-11(19)16-6-10-9(12-15-3-4-25-12)5-8-7-17(10)13(20)18(8)24-26(21,22)23;/h3-5,8,10H,1-2,6-7,14H2,(H,16,19)(H,21,22,23);/q;+1/p-1/t8-,10-;/m1./s1. The van der Waals surface area contributed by atoms with Gasteiger partial charge in [-0.15, -0.1) is 11.3 Å². The molecule has 3 amide bonds. The monoisotopic (exact) mass is 425 g/mol. The molecule has 27 heavy (non-hydrogen) atoms. The molecule has 0 unspecified atom stereocenters. The van der Waals surface area contributed by atoms with Crippen LogP contribution < -0.4 is 40.6 Å². The fraction of sp³-hybridized carbons (Fsp3) is 0.462. The zero-order valence-electron chi connectivity index (χ0n) is 14.4. The van der Waals surface area contributed by atoms with E-state index in [1.165, 1.54) is 16.2 Å². The van der Waals surface area contributed by atoms with Crippen molar-refractivity contribution in [3.63, 3.8) is 0 Å². The number of carbonyl (C=O) groups excluding carboxylic acids is 2. The van der Waals surface area contributed by atoms with E-state index < -0.39 is 28.5 Å². The summed E-state index contributed by atoms with van der Waals surface area (Å²) in [6.07, 6.45) is 3.36. The van der Waals surface area contributed by atoms with Crippen LogP contribution in [0.25, 0.3) is 5.57 Å². The number of hydrogen-bond acceptors (Lipinski definition) is 9. The SMILES string of the molecule is NCCC(=O)NC[C@@H]1C(c2nccs2)=C[C@@H]2CN1C(=O)N2OS(=O)(=O)[O-].[Na+]. The summed E-state index contributed by atoms with van der Waals surface area (Å²) in [4.78, 5) is 29.8. The second-order valence-electron chi connectivity index (χ2n) is 5.63. The summed E-state index contributed by atoms with van der Waals surface area (Å²) >= 11 is 1.34. The Morgan fingerprint density at radius 2 is 2.26 bits per heavy atom. The molecule has 1 saturated heterocycles. The van der Waals surface area contributed by atoms with Crippen LogP contribution in [-0.4, -0.2) is 71.6 Å². The minimum atomic E-state index is -5.10. The molecule has 1 aromatic rings. The van der Waals surface area contributed by atoms with Crippen LogP contribution in [-0.2, 0) is 19.5 Å². The Bertz CT molecular complexity index is 830. The van der Waals surface area contributed by atoms with Gasteiger partial charge in [0.15, 0.2) is 0 Å². The van der Waals surface area contributed by atoms with E-state index in [0.29, 0.717) is 15.6 Å². The Kier molecular flexibility index (Phi) is 7.38. The topological polar surface area (TPSA) is 158 Å². The van der Waals surface area contributed by atoms with E-state index in [2.05, 4.69) is 14.6 Å². The summed E-state index contributed by atoms with van der Waals surface area (Å²) < 4.78 is 37.0. The van der Waals surface area contributed by atoms with Crippen molar-refractivity contribution in [3.8, 4) is 0 Å². The molecule has 0 aromatic carbocycles. The van der Waals surface area contributed by atoms with Crippen molar-refractivity contribution < 1.29 is 56.4 Å². The zero-order valence-corrected chi connectivity index (χ0v) is 18.0. The van der Waals surface area contributed by atoms with Crippen LogP contribution in [0.4, 0.5) is 4.79 Å². The van der Waals surface area contributed by atoms with Gasteiger partial charge < -0.3 is 20.5 Å². The van der Waals surface area contributed by atoms with Gasteiger partial charge in [-0.2, -0.15) is 9.35 Å². The molecule has 142 valence electrons. The molecule has 3 rings (SSSR count). The first-order chi connectivity index (χ1) is 12.3. The van der Waals surface area contributed by atoms with Gasteiger partial charge in [0.25, 0.3) is 0 Å². The van der Waals surface area contributed by atoms with Gasteiger partial charge in [0, 0.05) is 43.2 Å². The minimum Gasteiger partial charge on any atom is -0.724 e. The van der Waals surface area contributed by atoms with E-state index in [1.54, 1.807) is 17.7 Å². The molecule has 14 heteroatoms. The zero-order chi connectivity index (χ0) is 18.9. The fourth-order valence-corrected chi connectivity index (χ4v) is 3.99. The third-order valence-electron chi connectivity index (χ3n) is 3.94. The number of amides is 3. The number of hydroxylamine groups is 2. The van der Waals surface area contributed by atoms with Crippen LogP contribution in [0.5, 0.6) is 0 Å². The van der Waals surface area contributed by atoms with Gasteiger partial charge in [-0.1, -0.05) is 0 Å². The van der Waals surface area contributed by atoms with Crippen LogP contribution in [0.15, 0.2) is 17.7 Å². The van der Waals surface area contributed by atoms with Crippen LogP contribution in [0.3, 0.4) is 0 Å². The van der Waals surface area contributed by atoms with Gasteiger partial charge in [-0.05, 0) is 6.08 Å². The largest absolute Gasteiger partial charge is 1.00 e. The van der Waals surface area contributed by atoms with Crippen molar-refractivity contribution >= 4 is 39.2 Å². The first-order valence-corrected chi connectivity index (χ1v) is 9.85. The molecule has 0 aliphatic carbocycles. The summed E-state index contributed by atoms with van der Waals surface area (Å²) in [5.41, 5.74) is 5.99. The molecule has 2 atom stereocenters. The second kappa shape index (κ2) is 8.96.